The number of hydrogen-bond donors (Lipinski definition) is 2. The van der Waals surface area contributed by atoms with Gasteiger partial charge in [-0.2, -0.15) is 0 Å². The maximum atomic E-state index is 11.5. The minimum Gasteiger partial charge on any atom is -0.394 e. The predicted molar refractivity (Wildman–Crippen MR) is 77.1 cm³/mol. The molecule has 0 radical (unpaired) electrons. The second-order valence-electron chi connectivity index (χ2n) is 5.82. The quantitative estimate of drug-likeness (QED) is 0.834. The Morgan fingerprint density at radius 1 is 1.35 bits per heavy atom. The van der Waals surface area contributed by atoms with E-state index in [1.807, 2.05) is 30.3 Å². The van der Waals surface area contributed by atoms with Crippen molar-refractivity contribution in [2.45, 2.75) is 44.9 Å². The Morgan fingerprint density at radius 2 is 2.05 bits per heavy atom. The van der Waals surface area contributed by atoms with Gasteiger partial charge in [0.2, 0.25) is 5.91 Å². The molecule has 1 amide bonds. The Kier molecular flexibility index (Phi) is 4.78. The molecule has 0 bridgehead atoms. The van der Waals surface area contributed by atoms with E-state index < -0.39 is 5.54 Å². The molecule has 4 nitrogen and oxygen atoms in total. The molecule has 1 heterocycles. The lowest BCUT2D eigenvalue weighted by Gasteiger charge is -2.38. The van der Waals surface area contributed by atoms with Gasteiger partial charge in [-0.15, -0.1) is 0 Å². The Labute approximate surface area is 120 Å². The minimum atomic E-state index is -0.639. The average molecular weight is 277 g/mol. The highest BCUT2D eigenvalue weighted by Crippen LogP contribution is 2.30. The third-order valence-corrected chi connectivity index (χ3v) is 3.89. The summed E-state index contributed by atoms with van der Waals surface area (Å²) in [5, 5.41) is 12.7. The molecule has 0 aromatic heterocycles. The normalized spacial score (nSPS) is 23.9. The van der Waals surface area contributed by atoms with Gasteiger partial charge in [-0.1, -0.05) is 44.2 Å². The highest BCUT2D eigenvalue weighted by atomic mass is 16.5. The summed E-state index contributed by atoms with van der Waals surface area (Å²) < 4.78 is 6.04. The molecule has 1 saturated heterocycles. The summed E-state index contributed by atoms with van der Waals surface area (Å²) in [6.45, 7) is 4.51. The van der Waals surface area contributed by atoms with Crippen LogP contribution in [0.3, 0.4) is 0 Å². The van der Waals surface area contributed by atoms with Gasteiger partial charge in [0, 0.05) is 6.42 Å². The number of rotatable bonds is 6. The highest BCUT2D eigenvalue weighted by molar-refractivity contribution is 5.79. The lowest BCUT2D eigenvalue weighted by atomic mass is 9.84. The number of carbonyl (C=O) groups excluding carboxylic acids is 1. The minimum absolute atomic E-state index is 0.00647. The fraction of sp³-hybridized carbons (Fsp3) is 0.562. The first-order valence-corrected chi connectivity index (χ1v) is 7.15. The van der Waals surface area contributed by atoms with Crippen molar-refractivity contribution in [3.05, 3.63) is 35.9 Å². The predicted octanol–water partition coefficient (Wildman–Crippen LogP) is 1.87. The molecule has 0 unspecified atom stereocenters. The van der Waals surface area contributed by atoms with Crippen LogP contribution in [0.25, 0.3) is 0 Å². The number of aliphatic hydroxyl groups is 1. The van der Waals surface area contributed by atoms with Crippen LogP contribution >= 0.6 is 0 Å². The number of nitrogens with one attached hydrogen (secondary N) is 1. The van der Waals surface area contributed by atoms with E-state index in [2.05, 4.69) is 19.2 Å². The van der Waals surface area contributed by atoms with Gasteiger partial charge in [0.25, 0.3) is 0 Å². The average Bonchev–Trinajstić information content (AvgIpc) is 2.82. The molecular formula is C16H23NO3. The summed E-state index contributed by atoms with van der Waals surface area (Å²) in [6, 6.07) is 9.94. The third kappa shape index (κ3) is 3.19. The monoisotopic (exact) mass is 277 g/mol. The van der Waals surface area contributed by atoms with Crippen LogP contribution in [0, 0.1) is 5.92 Å². The van der Waals surface area contributed by atoms with Crippen molar-refractivity contribution in [3.8, 4) is 0 Å². The molecule has 110 valence electrons. The van der Waals surface area contributed by atoms with Gasteiger partial charge in [0.15, 0.2) is 0 Å². The fourth-order valence-electron chi connectivity index (χ4n) is 2.91. The summed E-state index contributed by atoms with van der Waals surface area (Å²) in [5.74, 6) is 0.206. The van der Waals surface area contributed by atoms with Crippen LogP contribution in [0.1, 0.15) is 32.3 Å². The van der Waals surface area contributed by atoms with Crippen molar-refractivity contribution in [3.63, 3.8) is 0 Å². The van der Waals surface area contributed by atoms with Crippen LogP contribution in [0.5, 0.6) is 0 Å². The van der Waals surface area contributed by atoms with Crippen molar-refractivity contribution >= 4 is 5.91 Å². The molecule has 0 spiro atoms. The van der Waals surface area contributed by atoms with E-state index in [9.17, 15) is 9.90 Å². The first-order valence-electron chi connectivity index (χ1n) is 7.15. The van der Waals surface area contributed by atoms with Gasteiger partial charge >= 0.3 is 0 Å². The Morgan fingerprint density at radius 3 is 2.55 bits per heavy atom. The van der Waals surface area contributed by atoms with Crippen molar-refractivity contribution in [2.24, 2.45) is 5.92 Å². The zero-order chi connectivity index (χ0) is 14.6. The van der Waals surface area contributed by atoms with Crippen LogP contribution in [0.15, 0.2) is 30.3 Å². The first kappa shape index (κ1) is 15.0. The number of benzene rings is 1. The standard InChI is InChI=1S/C16H23NO3/c1-12(2)15(16(11-18)9-8-14(19)17-16)20-10-13-6-4-3-5-7-13/h3-7,12,15,18H,8-11H2,1-2H3,(H,17,19)/t15-,16-/m1/s1. The number of amides is 1. The maximum absolute atomic E-state index is 11.5. The van der Waals surface area contributed by atoms with E-state index in [0.29, 0.717) is 19.4 Å². The van der Waals surface area contributed by atoms with Gasteiger partial charge < -0.3 is 15.2 Å². The summed E-state index contributed by atoms with van der Waals surface area (Å²) >= 11 is 0. The second-order valence-corrected chi connectivity index (χ2v) is 5.82. The van der Waals surface area contributed by atoms with Crippen molar-refractivity contribution in [1.82, 2.24) is 5.32 Å². The van der Waals surface area contributed by atoms with E-state index in [-0.39, 0.29) is 24.5 Å². The van der Waals surface area contributed by atoms with Gasteiger partial charge in [-0.3, -0.25) is 4.79 Å². The highest BCUT2D eigenvalue weighted by Gasteiger charge is 2.46. The molecule has 2 rings (SSSR count). The summed E-state index contributed by atoms with van der Waals surface area (Å²) in [4.78, 5) is 11.5. The van der Waals surface area contributed by atoms with Gasteiger partial charge in [-0.25, -0.2) is 0 Å². The third-order valence-electron chi connectivity index (χ3n) is 3.89. The smallest absolute Gasteiger partial charge is 0.220 e. The molecule has 1 aliphatic heterocycles. The van der Waals surface area contributed by atoms with E-state index in [1.54, 1.807) is 0 Å². The SMILES string of the molecule is CC(C)[C@@H](OCc1ccccc1)[C@]1(CO)CCC(=O)N1. The summed E-state index contributed by atoms with van der Waals surface area (Å²) in [5.41, 5.74) is 0.454. The molecule has 20 heavy (non-hydrogen) atoms. The Bertz CT molecular complexity index is 446. The van der Waals surface area contributed by atoms with Crippen LogP contribution in [-0.4, -0.2) is 29.3 Å². The zero-order valence-corrected chi connectivity index (χ0v) is 12.1. The summed E-state index contributed by atoms with van der Waals surface area (Å²) in [6.07, 6.45) is 0.887. The molecular weight excluding hydrogens is 254 g/mol. The Hall–Kier alpha value is -1.39. The molecule has 1 aromatic carbocycles. The van der Waals surface area contributed by atoms with Crippen molar-refractivity contribution < 1.29 is 14.6 Å². The number of aliphatic hydroxyl groups excluding tert-OH is 1. The van der Waals surface area contributed by atoms with Crippen LogP contribution in [0.2, 0.25) is 0 Å². The summed E-state index contributed by atoms with van der Waals surface area (Å²) in [7, 11) is 0. The number of hydrogen-bond acceptors (Lipinski definition) is 3. The van der Waals surface area contributed by atoms with Crippen molar-refractivity contribution in [2.75, 3.05) is 6.61 Å². The molecule has 2 atom stereocenters. The lowest BCUT2D eigenvalue weighted by Crippen LogP contribution is -2.57. The van der Waals surface area contributed by atoms with Crippen LogP contribution in [0.4, 0.5) is 0 Å². The largest absolute Gasteiger partial charge is 0.394 e. The molecule has 0 saturated carbocycles. The Balaban J connectivity index is 2.08. The zero-order valence-electron chi connectivity index (χ0n) is 12.1. The van der Waals surface area contributed by atoms with E-state index in [1.165, 1.54) is 0 Å². The molecule has 2 N–H and O–H groups in total. The molecule has 1 fully saturated rings. The number of carbonyl (C=O) groups is 1. The van der Waals surface area contributed by atoms with Gasteiger partial charge in [0.1, 0.15) is 0 Å². The first-order chi connectivity index (χ1) is 9.57. The second kappa shape index (κ2) is 6.37. The molecule has 1 aliphatic rings. The lowest BCUT2D eigenvalue weighted by molar-refractivity contribution is -0.122. The van der Waals surface area contributed by atoms with E-state index >= 15 is 0 Å². The van der Waals surface area contributed by atoms with Crippen LogP contribution < -0.4 is 5.32 Å². The van der Waals surface area contributed by atoms with Crippen LogP contribution in [-0.2, 0) is 16.1 Å². The van der Waals surface area contributed by atoms with Crippen molar-refractivity contribution in [1.29, 1.82) is 0 Å². The molecule has 1 aromatic rings. The van der Waals surface area contributed by atoms with Gasteiger partial charge in [-0.05, 0) is 17.9 Å². The number of ether oxygens (including phenoxy) is 1. The van der Waals surface area contributed by atoms with E-state index in [4.69, 9.17) is 4.74 Å². The van der Waals surface area contributed by atoms with Gasteiger partial charge in [0.05, 0.1) is 24.9 Å². The molecule has 0 aliphatic carbocycles. The maximum Gasteiger partial charge on any atom is 0.220 e. The topological polar surface area (TPSA) is 58.6 Å². The fourth-order valence-corrected chi connectivity index (χ4v) is 2.91. The van der Waals surface area contributed by atoms with E-state index in [0.717, 1.165) is 5.56 Å². The molecule has 4 heteroatoms.